The second-order valence-corrected chi connectivity index (χ2v) is 8.97. The Balaban J connectivity index is 1.75. The van der Waals surface area contributed by atoms with E-state index in [2.05, 4.69) is 12.1 Å². The standard InChI is InChI=1S/C24H19Cl2NO2/c1-24(2)18(12-20(25)26)22(24)23(28)29-19(13-27)21-16-9-5-3-7-14(16)11-15-8-4-6-10-17(15)21/h3-12,18-19,22H,1-2H3. The maximum absolute atomic E-state index is 12.9. The zero-order chi connectivity index (χ0) is 20.8. The molecule has 3 atom stereocenters. The zero-order valence-corrected chi connectivity index (χ0v) is 17.5. The first-order valence-corrected chi connectivity index (χ1v) is 10.1. The average Bonchev–Trinajstić information content (AvgIpc) is 3.23. The predicted octanol–water partition coefficient (Wildman–Crippen LogP) is 6.69. The molecule has 0 bridgehead atoms. The van der Waals surface area contributed by atoms with Gasteiger partial charge < -0.3 is 4.74 Å². The van der Waals surface area contributed by atoms with E-state index in [0.717, 1.165) is 27.1 Å². The third-order valence-corrected chi connectivity index (χ3v) is 6.15. The van der Waals surface area contributed by atoms with Crippen LogP contribution < -0.4 is 0 Å². The number of carbonyl (C=O) groups is 1. The van der Waals surface area contributed by atoms with E-state index in [4.69, 9.17) is 27.9 Å². The summed E-state index contributed by atoms with van der Waals surface area (Å²) in [6.07, 6.45) is 0.662. The summed E-state index contributed by atoms with van der Waals surface area (Å²) < 4.78 is 5.89. The Morgan fingerprint density at radius 3 is 2.17 bits per heavy atom. The molecule has 3 aromatic rings. The predicted molar refractivity (Wildman–Crippen MR) is 116 cm³/mol. The molecule has 146 valence electrons. The van der Waals surface area contributed by atoms with Crippen LogP contribution in [0.4, 0.5) is 0 Å². The Labute approximate surface area is 179 Å². The van der Waals surface area contributed by atoms with Gasteiger partial charge in [0.25, 0.3) is 0 Å². The maximum atomic E-state index is 12.9. The number of hydrogen-bond donors (Lipinski definition) is 0. The number of carbonyl (C=O) groups excluding carboxylic acids is 1. The summed E-state index contributed by atoms with van der Waals surface area (Å²) in [6, 6.07) is 19.9. The van der Waals surface area contributed by atoms with Crippen LogP contribution in [0.25, 0.3) is 21.5 Å². The van der Waals surface area contributed by atoms with Gasteiger partial charge in [-0.25, -0.2) is 0 Å². The lowest BCUT2D eigenvalue weighted by Gasteiger charge is -2.17. The summed E-state index contributed by atoms with van der Waals surface area (Å²) in [6.45, 7) is 3.93. The Morgan fingerprint density at radius 1 is 1.10 bits per heavy atom. The van der Waals surface area contributed by atoms with E-state index in [9.17, 15) is 10.1 Å². The number of nitriles is 1. The van der Waals surface area contributed by atoms with Crippen molar-refractivity contribution in [1.82, 2.24) is 0 Å². The average molecular weight is 424 g/mol. The lowest BCUT2D eigenvalue weighted by Crippen LogP contribution is -2.15. The van der Waals surface area contributed by atoms with E-state index < -0.39 is 12.1 Å². The molecule has 0 saturated heterocycles. The Bertz CT molecular complexity index is 1130. The molecule has 0 radical (unpaired) electrons. The van der Waals surface area contributed by atoms with Crippen molar-refractivity contribution >= 4 is 50.7 Å². The lowest BCUT2D eigenvalue weighted by molar-refractivity contribution is -0.149. The first-order chi connectivity index (χ1) is 13.8. The van der Waals surface area contributed by atoms with Crippen LogP contribution in [0.5, 0.6) is 0 Å². The SMILES string of the molecule is CC1(C)C(C=C(Cl)Cl)C1C(=O)OC(C#N)c1c2ccccc2cc2ccccc12. The van der Waals surface area contributed by atoms with Gasteiger partial charge in [-0.1, -0.05) is 85.6 Å². The summed E-state index contributed by atoms with van der Waals surface area (Å²) in [5.74, 6) is -0.898. The molecular weight excluding hydrogens is 405 g/mol. The lowest BCUT2D eigenvalue weighted by atomic mass is 9.94. The molecule has 0 amide bonds. The largest absolute Gasteiger partial charge is 0.442 e. The van der Waals surface area contributed by atoms with E-state index in [1.165, 1.54) is 0 Å². The minimum absolute atomic E-state index is 0.108. The van der Waals surface area contributed by atoms with Crippen molar-refractivity contribution in [2.45, 2.75) is 20.0 Å². The van der Waals surface area contributed by atoms with Crippen LogP contribution in [0, 0.1) is 28.6 Å². The summed E-state index contributed by atoms with van der Waals surface area (Å²) in [4.78, 5) is 12.9. The number of fused-ring (bicyclic) bond motifs is 2. The summed E-state index contributed by atoms with van der Waals surface area (Å²) in [5, 5.41) is 13.7. The number of nitrogens with zero attached hydrogens (tertiary/aromatic N) is 1. The minimum Gasteiger partial charge on any atom is -0.442 e. The highest BCUT2D eigenvalue weighted by Crippen LogP contribution is 2.60. The third kappa shape index (κ3) is 3.48. The fourth-order valence-electron chi connectivity index (χ4n) is 4.25. The van der Waals surface area contributed by atoms with Gasteiger partial charge in [-0.15, -0.1) is 0 Å². The number of halogens is 2. The second kappa shape index (κ2) is 7.37. The molecule has 1 aliphatic carbocycles. The van der Waals surface area contributed by atoms with Gasteiger partial charge in [0.2, 0.25) is 6.10 Å². The summed E-state index contributed by atoms with van der Waals surface area (Å²) in [5.41, 5.74) is 0.405. The first-order valence-electron chi connectivity index (χ1n) is 9.38. The Kier molecular flexibility index (Phi) is 5.02. The molecule has 0 heterocycles. The van der Waals surface area contributed by atoms with Crippen molar-refractivity contribution in [2.24, 2.45) is 17.3 Å². The van der Waals surface area contributed by atoms with Crippen molar-refractivity contribution in [1.29, 1.82) is 5.26 Å². The summed E-state index contributed by atoms with van der Waals surface area (Å²) in [7, 11) is 0. The molecule has 0 spiro atoms. The van der Waals surface area contributed by atoms with Crippen molar-refractivity contribution in [3.05, 3.63) is 70.7 Å². The smallest absolute Gasteiger partial charge is 0.311 e. The molecule has 4 rings (SSSR count). The fourth-order valence-corrected chi connectivity index (χ4v) is 4.52. The number of benzene rings is 3. The van der Waals surface area contributed by atoms with Crippen LogP contribution in [0.1, 0.15) is 25.5 Å². The fraction of sp³-hybridized carbons (Fsp3) is 0.250. The van der Waals surface area contributed by atoms with E-state index in [-0.39, 0.29) is 21.7 Å². The molecule has 0 aliphatic heterocycles. The molecule has 3 unspecified atom stereocenters. The van der Waals surface area contributed by atoms with E-state index in [1.54, 1.807) is 6.08 Å². The Hall–Kier alpha value is -2.54. The van der Waals surface area contributed by atoms with Gasteiger partial charge in [0, 0.05) is 5.56 Å². The van der Waals surface area contributed by atoms with Gasteiger partial charge >= 0.3 is 5.97 Å². The molecular formula is C24H19Cl2NO2. The topological polar surface area (TPSA) is 50.1 Å². The molecule has 3 aromatic carbocycles. The zero-order valence-electron chi connectivity index (χ0n) is 16.0. The molecule has 1 fully saturated rings. The number of rotatable bonds is 4. The highest BCUT2D eigenvalue weighted by Gasteiger charge is 2.62. The molecule has 1 saturated carbocycles. The van der Waals surface area contributed by atoms with Crippen LogP contribution in [-0.2, 0) is 9.53 Å². The van der Waals surface area contributed by atoms with Crippen LogP contribution in [0.15, 0.2) is 65.2 Å². The minimum atomic E-state index is -1.01. The normalized spacial score (nSPS) is 20.7. The molecule has 0 aromatic heterocycles. The van der Waals surface area contributed by atoms with E-state index in [0.29, 0.717) is 0 Å². The number of allylic oxidation sites excluding steroid dienone is 1. The Morgan fingerprint density at radius 2 is 1.66 bits per heavy atom. The first kappa shape index (κ1) is 19.8. The second-order valence-electron chi connectivity index (χ2n) is 7.96. The van der Waals surface area contributed by atoms with Crippen molar-refractivity contribution in [2.75, 3.05) is 0 Å². The van der Waals surface area contributed by atoms with E-state index >= 15 is 0 Å². The van der Waals surface area contributed by atoms with E-state index in [1.807, 2.05) is 62.4 Å². The molecule has 0 N–H and O–H groups in total. The van der Waals surface area contributed by atoms with Gasteiger partial charge in [0.1, 0.15) is 10.6 Å². The number of ether oxygens (including phenoxy) is 1. The summed E-state index contributed by atoms with van der Waals surface area (Å²) >= 11 is 11.6. The van der Waals surface area contributed by atoms with Crippen molar-refractivity contribution in [3.63, 3.8) is 0 Å². The molecule has 29 heavy (non-hydrogen) atoms. The molecule has 1 aliphatic rings. The van der Waals surface area contributed by atoms with Crippen molar-refractivity contribution < 1.29 is 9.53 Å². The highest BCUT2D eigenvalue weighted by molar-refractivity contribution is 6.55. The van der Waals surface area contributed by atoms with Gasteiger partial charge in [-0.3, -0.25) is 4.79 Å². The van der Waals surface area contributed by atoms with Gasteiger partial charge in [-0.2, -0.15) is 5.26 Å². The van der Waals surface area contributed by atoms with Crippen LogP contribution >= 0.6 is 23.2 Å². The molecule has 5 heteroatoms. The van der Waals surface area contributed by atoms with Crippen molar-refractivity contribution in [3.8, 4) is 6.07 Å². The van der Waals surface area contributed by atoms with Crippen LogP contribution in [0.2, 0.25) is 0 Å². The van der Waals surface area contributed by atoms with Gasteiger partial charge in [-0.05, 0) is 45.0 Å². The highest BCUT2D eigenvalue weighted by atomic mass is 35.5. The van der Waals surface area contributed by atoms with Crippen LogP contribution in [0.3, 0.4) is 0 Å². The number of hydrogen-bond acceptors (Lipinski definition) is 3. The van der Waals surface area contributed by atoms with Gasteiger partial charge in [0.05, 0.1) is 5.92 Å². The monoisotopic (exact) mass is 423 g/mol. The number of esters is 1. The van der Waals surface area contributed by atoms with Crippen LogP contribution in [-0.4, -0.2) is 5.97 Å². The third-order valence-electron chi connectivity index (χ3n) is 5.90. The molecule has 3 nitrogen and oxygen atoms in total. The maximum Gasteiger partial charge on any atom is 0.311 e. The van der Waals surface area contributed by atoms with Gasteiger partial charge in [0.15, 0.2) is 0 Å². The quantitative estimate of drug-likeness (QED) is 0.346.